The fraction of sp³-hybridized carbons (Fsp3) is 0.600. The molecule has 0 spiro atoms. The molecule has 0 heterocycles. The van der Waals surface area contributed by atoms with E-state index in [1.54, 1.807) is 14.2 Å². The topological polar surface area (TPSA) is 18.5 Å². The fourth-order valence-corrected chi connectivity index (χ4v) is 1.38. The van der Waals surface area contributed by atoms with E-state index < -0.39 is 0 Å². The van der Waals surface area contributed by atoms with Crippen molar-refractivity contribution in [2.24, 2.45) is 0 Å². The summed E-state index contributed by atoms with van der Waals surface area (Å²) in [6.07, 6.45) is 11.8. The van der Waals surface area contributed by atoms with E-state index in [0.717, 1.165) is 43.6 Å². The fourth-order valence-electron chi connectivity index (χ4n) is 1.38. The molecule has 0 aliphatic carbocycles. The van der Waals surface area contributed by atoms with Crippen molar-refractivity contribution in [2.75, 3.05) is 14.2 Å². The normalized spacial score (nSPS) is 12.4. The molecule has 0 amide bonds. The van der Waals surface area contributed by atoms with Crippen molar-refractivity contribution in [3.8, 4) is 0 Å². The lowest BCUT2D eigenvalue weighted by atomic mass is 10.1. The average Bonchev–Trinajstić information content (AvgIpc) is 2.54. The number of methoxy groups -OCH3 is 2. The van der Waals surface area contributed by atoms with Crippen LogP contribution < -0.4 is 0 Å². The van der Waals surface area contributed by atoms with Crippen molar-refractivity contribution in [1.29, 1.82) is 0 Å². The van der Waals surface area contributed by atoms with Gasteiger partial charge in [-0.15, -0.1) is 0 Å². The van der Waals surface area contributed by atoms with Crippen LogP contribution >= 0.6 is 0 Å². The summed E-state index contributed by atoms with van der Waals surface area (Å²) in [7, 11) is 3.36. The van der Waals surface area contributed by atoms with Crippen LogP contribution in [0.15, 0.2) is 47.5 Å². The summed E-state index contributed by atoms with van der Waals surface area (Å²) in [5.41, 5.74) is 2.87. The lowest BCUT2D eigenvalue weighted by Crippen LogP contribution is -1.83. The molecule has 0 fully saturated rings. The summed E-state index contributed by atoms with van der Waals surface area (Å²) in [6.45, 7) is 14.3. The quantitative estimate of drug-likeness (QED) is 0.354. The molecule has 0 atom stereocenters. The number of ether oxygens (including phenoxy) is 2. The molecule has 0 unspecified atom stereocenters. The summed E-state index contributed by atoms with van der Waals surface area (Å²) in [6, 6.07) is 0. The van der Waals surface area contributed by atoms with E-state index >= 15 is 0 Å². The Morgan fingerprint density at radius 2 is 1.41 bits per heavy atom. The first-order chi connectivity index (χ1) is 10.4. The van der Waals surface area contributed by atoms with Crippen LogP contribution in [0.1, 0.15) is 66.7 Å². The summed E-state index contributed by atoms with van der Waals surface area (Å²) < 4.78 is 9.94. The van der Waals surface area contributed by atoms with Gasteiger partial charge in [0, 0.05) is 6.42 Å². The van der Waals surface area contributed by atoms with Gasteiger partial charge in [0.25, 0.3) is 0 Å². The zero-order chi connectivity index (χ0) is 17.4. The van der Waals surface area contributed by atoms with E-state index in [0.29, 0.717) is 0 Å². The van der Waals surface area contributed by atoms with E-state index in [1.807, 2.05) is 6.92 Å². The standard InChI is InChI=1S/2C10H18O/c2*1-5-9(2)7-6-8-10(3)11-4/h7-8H,5-6H2,1-4H3;7H,3,5-6,8H2,1-2,4H3/b9-7+,10-8+;9-7+. The van der Waals surface area contributed by atoms with Gasteiger partial charge in [-0.2, -0.15) is 0 Å². The Hall–Kier alpha value is -1.44. The SMILES string of the molecule is C=C(CC/C=C(\C)CC)OC.CC/C(C)=C/C/C=C(\C)OC. The van der Waals surface area contributed by atoms with Gasteiger partial charge in [-0.05, 0) is 52.5 Å². The Morgan fingerprint density at radius 3 is 1.86 bits per heavy atom. The van der Waals surface area contributed by atoms with Gasteiger partial charge in [0.2, 0.25) is 0 Å². The first-order valence-electron chi connectivity index (χ1n) is 8.14. The van der Waals surface area contributed by atoms with Crippen molar-refractivity contribution in [2.45, 2.75) is 66.7 Å². The zero-order valence-electron chi connectivity index (χ0n) is 15.8. The van der Waals surface area contributed by atoms with Crippen molar-refractivity contribution >= 4 is 0 Å². The number of hydrogen-bond acceptors (Lipinski definition) is 2. The summed E-state index contributed by atoms with van der Waals surface area (Å²) >= 11 is 0. The van der Waals surface area contributed by atoms with Crippen LogP contribution in [0, 0.1) is 0 Å². The maximum atomic E-state index is 5.00. The molecule has 128 valence electrons. The first-order valence-corrected chi connectivity index (χ1v) is 8.14. The second kappa shape index (κ2) is 15.9. The highest BCUT2D eigenvalue weighted by molar-refractivity contribution is 5.02. The third-order valence-corrected chi connectivity index (χ3v) is 3.51. The predicted molar refractivity (Wildman–Crippen MR) is 98.9 cm³/mol. The molecule has 0 N–H and O–H groups in total. The van der Waals surface area contributed by atoms with Gasteiger partial charge in [-0.1, -0.05) is 43.7 Å². The third-order valence-electron chi connectivity index (χ3n) is 3.51. The Balaban J connectivity index is 0. The molecule has 0 bridgehead atoms. The number of rotatable bonds is 9. The second-order valence-electron chi connectivity index (χ2n) is 5.34. The predicted octanol–water partition coefficient (Wildman–Crippen LogP) is 6.57. The first kappa shape index (κ1) is 22.8. The van der Waals surface area contributed by atoms with Crippen molar-refractivity contribution in [3.63, 3.8) is 0 Å². The third kappa shape index (κ3) is 16.6. The van der Waals surface area contributed by atoms with Gasteiger partial charge in [-0.25, -0.2) is 0 Å². The highest BCUT2D eigenvalue weighted by Crippen LogP contribution is 2.07. The second-order valence-corrected chi connectivity index (χ2v) is 5.34. The Morgan fingerprint density at radius 1 is 0.864 bits per heavy atom. The van der Waals surface area contributed by atoms with Crippen LogP contribution in [0.2, 0.25) is 0 Å². The largest absolute Gasteiger partial charge is 0.502 e. The molecule has 0 saturated carbocycles. The monoisotopic (exact) mass is 308 g/mol. The molecule has 0 rings (SSSR count). The molecule has 0 aromatic heterocycles. The van der Waals surface area contributed by atoms with Crippen molar-refractivity contribution < 1.29 is 9.47 Å². The summed E-state index contributed by atoms with van der Waals surface area (Å²) in [5.74, 6) is 1.86. The smallest absolute Gasteiger partial charge is 0.0887 e. The summed E-state index contributed by atoms with van der Waals surface area (Å²) in [5, 5.41) is 0. The molecular weight excluding hydrogens is 272 g/mol. The Kier molecular flexibility index (Phi) is 16.5. The minimum absolute atomic E-state index is 0.866. The van der Waals surface area contributed by atoms with Gasteiger partial charge in [-0.3, -0.25) is 0 Å². The van der Waals surface area contributed by atoms with Crippen LogP contribution in [0.4, 0.5) is 0 Å². The van der Waals surface area contributed by atoms with E-state index in [4.69, 9.17) is 9.47 Å². The van der Waals surface area contributed by atoms with Crippen LogP contribution in [-0.2, 0) is 9.47 Å². The van der Waals surface area contributed by atoms with E-state index in [-0.39, 0.29) is 0 Å². The Labute approximate surface area is 138 Å². The lowest BCUT2D eigenvalue weighted by Gasteiger charge is -2.01. The van der Waals surface area contributed by atoms with E-state index in [2.05, 4.69) is 52.5 Å². The zero-order valence-corrected chi connectivity index (χ0v) is 15.8. The molecule has 0 aromatic rings. The maximum absolute atomic E-state index is 5.00. The van der Waals surface area contributed by atoms with Crippen LogP contribution in [0.3, 0.4) is 0 Å². The van der Waals surface area contributed by atoms with E-state index in [1.165, 1.54) is 11.1 Å². The van der Waals surface area contributed by atoms with Crippen LogP contribution in [-0.4, -0.2) is 14.2 Å². The molecule has 0 aromatic carbocycles. The minimum atomic E-state index is 0.866. The molecule has 0 saturated heterocycles. The van der Waals surface area contributed by atoms with E-state index in [9.17, 15) is 0 Å². The number of hydrogen-bond donors (Lipinski definition) is 0. The molecule has 0 aliphatic heterocycles. The molecular formula is C20H36O2. The molecule has 2 heteroatoms. The molecule has 0 radical (unpaired) electrons. The van der Waals surface area contributed by atoms with Crippen LogP contribution in [0.25, 0.3) is 0 Å². The van der Waals surface area contributed by atoms with Gasteiger partial charge in [0.05, 0.1) is 25.7 Å². The summed E-state index contributed by atoms with van der Waals surface area (Å²) in [4.78, 5) is 0. The average molecular weight is 309 g/mol. The van der Waals surface area contributed by atoms with Crippen molar-refractivity contribution in [1.82, 2.24) is 0 Å². The van der Waals surface area contributed by atoms with Gasteiger partial charge < -0.3 is 9.47 Å². The van der Waals surface area contributed by atoms with Gasteiger partial charge in [0.1, 0.15) is 0 Å². The maximum Gasteiger partial charge on any atom is 0.0887 e. The Bertz CT molecular complexity index is 355. The van der Waals surface area contributed by atoms with Crippen molar-refractivity contribution in [3.05, 3.63) is 47.5 Å². The molecule has 2 nitrogen and oxygen atoms in total. The molecule has 22 heavy (non-hydrogen) atoms. The highest BCUT2D eigenvalue weighted by Gasteiger charge is 1.89. The lowest BCUT2D eigenvalue weighted by molar-refractivity contribution is 0.280. The minimum Gasteiger partial charge on any atom is -0.502 e. The highest BCUT2D eigenvalue weighted by atomic mass is 16.5. The van der Waals surface area contributed by atoms with Crippen LogP contribution in [0.5, 0.6) is 0 Å². The molecule has 0 aliphatic rings. The number of allylic oxidation sites excluding steroid dienone is 7. The van der Waals surface area contributed by atoms with Gasteiger partial charge in [0.15, 0.2) is 0 Å². The van der Waals surface area contributed by atoms with Gasteiger partial charge >= 0.3 is 0 Å².